The lowest BCUT2D eigenvalue weighted by Gasteiger charge is -2.46. The first-order chi connectivity index (χ1) is 31.2. The van der Waals surface area contributed by atoms with E-state index in [1.165, 1.54) is 22.4 Å². The van der Waals surface area contributed by atoms with Gasteiger partial charge in [0, 0.05) is 60.3 Å². The van der Waals surface area contributed by atoms with E-state index in [1.807, 2.05) is 13.0 Å². The van der Waals surface area contributed by atoms with Crippen molar-refractivity contribution in [1.29, 1.82) is 5.26 Å². The monoisotopic (exact) mass is 895 g/mol. The van der Waals surface area contributed by atoms with Crippen molar-refractivity contribution in [3.63, 3.8) is 0 Å². The summed E-state index contributed by atoms with van der Waals surface area (Å²) in [6.45, 7) is 10.2. The van der Waals surface area contributed by atoms with E-state index in [0.717, 1.165) is 104 Å². The minimum atomic E-state index is -0.296. The largest absolute Gasteiger partial charge is 0.490 e. The van der Waals surface area contributed by atoms with Gasteiger partial charge in [0.05, 0.1) is 35.0 Å². The number of carbonyl (C=O) groups excluding carboxylic acids is 1. The number of aliphatic imine (C=N–C) groups is 1. The smallest absolute Gasteiger partial charge is 0.272 e. The van der Waals surface area contributed by atoms with Gasteiger partial charge in [0.1, 0.15) is 34.9 Å². The summed E-state index contributed by atoms with van der Waals surface area (Å²) in [4.78, 5) is 29.2. The molecule has 3 fully saturated rings. The second kappa shape index (κ2) is 17.9. The molecule has 2 saturated heterocycles. The number of aryl methyl sites for hydroxylation is 2. The number of amides is 1. The molecule has 6 aromatic rings. The molecule has 4 aliphatic rings. The minimum absolute atomic E-state index is 0.0324. The first kappa shape index (κ1) is 42.0. The summed E-state index contributed by atoms with van der Waals surface area (Å²) < 4.78 is 14.0. The van der Waals surface area contributed by atoms with Gasteiger partial charge in [-0.05, 0) is 107 Å². The zero-order chi connectivity index (χ0) is 43.9. The quantitative estimate of drug-likeness (QED) is 0.142. The Kier molecular flexibility index (Phi) is 11.8. The van der Waals surface area contributed by atoms with Crippen LogP contribution >= 0.6 is 22.9 Å². The van der Waals surface area contributed by atoms with Crippen LogP contribution in [0.2, 0.25) is 5.02 Å². The molecule has 0 spiro atoms. The summed E-state index contributed by atoms with van der Waals surface area (Å²) in [5.74, 6) is 4.13. The molecule has 64 heavy (non-hydrogen) atoms. The fourth-order valence-electron chi connectivity index (χ4n) is 9.86. The van der Waals surface area contributed by atoms with E-state index in [4.69, 9.17) is 31.0 Å². The molecular formula is C48H50ClN11O3S. The fraction of sp³-hybridized carbons (Fsp3) is 0.417. The summed E-state index contributed by atoms with van der Waals surface area (Å²) in [7, 11) is 0. The van der Waals surface area contributed by atoms with Crippen molar-refractivity contribution in [2.24, 2.45) is 10.9 Å². The van der Waals surface area contributed by atoms with Crippen LogP contribution in [0.5, 0.6) is 5.75 Å². The van der Waals surface area contributed by atoms with Gasteiger partial charge < -0.3 is 19.4 Å². The van der Waals surface area contributed by atoms with Gasteiger partial charge in [-0.25, -0.2) is 4.98 Å². The molecule has 3 aliphatic heterocycles. The third kappa shape index (κ3) is 8.54. The molecule has 1 saturated carbocycles. The second-order valence-corrected chi connectivity index (χ2v) is 19.2. The van der Waals surface area contributed by atoms with E-state index >= 15 is 0 Å². The number of hydrogen-bond acceptors (Lipinski definition) is 13. The second-order valence-electron chi connectivity index (χ2n) is 17.6. The van der Waals surface area contributed by atoms with Crippen molar-refractivity contribution in [3.8, 4) is 16.8 Å². The number of aromatic nitrogens is 6. The highest BCUT2D eigenvalue weighted by molar-refractivity contribution is 7.15. The molecule has 1 N–H and O–H groups in total. The maximum Gasteiger partial charge on any atom is 0.272 e. The molecule has 1 unspecified atom stereocenters. The molecule has 0 radical (unpaired) electrons. The van der Waals surface area contributed by atoms with Gasteiger partial charge in [-0.1, -0.05) is 35.9 Å². The average Bonchev–Trinajstić information content (AvgIpc) is 4.02. The highest BCUT2D eigenvalue weighted by atomic mass is 35.5. The number of nitriles is 1. The lowest BCUT2D eigenvalue weighted by Crippen LogP contribution is -2.56. The molecule has 328 valence electrons. The molecule has 3 atom stereocenters. The first-order valence-electron chi connectivity index (χ1n) is 22.3. The molecule has 16 heteroatoms. The Morgan fingerprint density at radius 2 is 1.80 bits per heavy atom. The summed E-state index contributed by atoms with van der Waals surface area (Å²) in [5, 5.41) is 31.8. The molecule has 7 heterocycles. The van der Waals surface area contributed by atoms with Gasteiger partial charge in [0.15, 0.2) is 23.2 Å². The van der Waals surface area contributed by atoms with E-state index < -0.39 is 0 Å². The number of thiophene rings is 1. The molecule has 1 aliphatic carbocycles. The van der Waals surface area contributed by atoms with E-state index in [1.54, 1.807) is 48.1 Å². The molecular weight excluding hydrogens is 846 g/mol. The van der Waals surface area contributed by atoms with Gasteiger partial charge in [-0.15, -0.1) is 31.7 Å². The van der Waals surface area contributed by atoms with Crippen LogP contribution in [0, 0.1) is 38.0 Å². The average molecular weight is 897 g/mol. The van der Waals surface area contributed by atoms with Crippen LogP contribution in [0.3, 0.4) is 0 Å². The lowest BCUT2D eigenvalue weighted by atomic mass is 9.86. The number of nitrogens with zero attached hydrogens (tertiary/aromatic N) is 10. The van der Waals surface area contributed by atoms with E-state index in [-0.39, 0.29) is 24.1 Å². The number of fused-ring (bicyclic) bond motifs is 4. The molecule has 10 rings (SSSR count). The lowest BCUT2D eigenvalue weighted by molar-refractivity contribution is 0.0887. The normalized spacial score (nSPS) is 22.1. The zero-order valence-electron chi connectivity index (χ0n) is 36.2. The number of piperidine rings is 1. The fourth-order valence-corrected chi connectivity index (χ4v) is 11.3. The van der Waals surface area contributed by atoms with Crippen molar-refractivity contribution in [2.75, 3.05) is 31.1 Å². The number of oxazole rings is 1. The molecule has 0 bridgehead atoms. The van der Waals surface area contributed by atoms with Crippen molar-refractivity contribution >= 4 is 40.4 Å². The van der Waals surface area contributed by atoms with Crippen molar-refractivity contribution in [3.05, 3.63) is 128 Å². The topological polar surface area (TPSA) is 163 Å². The maximum absolute atomic E-state index is 13.2. The Labute approximate surface area is 381 Å². The van der Waals surface area contributed by atoms with Gasteiger partial charge >= 0.3 is 0 Å². The van der Waals surface area contributed by atoms with Crippen molar-refractivity contribution in [1.82, 2.24) is 40.2 Å². The van der Waals surface area contributed by atoms with Gasteiger partial charge in [-0.3, -0.25) is 19.3 Å². The minimum Gasteiger partial charge on any atom is -0.490 e. The Bertz CT molecular complexity index is 2720. The van der Waals surface area contributed by atoms with Crippen LogP contribution in [0.15, 0.2) is 76.5 Å². The van der Waals surface area contributed by atoms with E-state index in [9.17, 15) is 4.79 Å². The SMILES string of the molecule is Cc1sc2c(c1C)C(c1ccc(C[C@H]3CCC4CN(c5ccc(C(=O)N[C@H]6CC[C@H](Oc7ccc(C#N)c(Cl)c7)CC6)nn5)CCN4C3)cc1)=N[C@@H](Cc1ncco1)c1nnc(C)n1-2. The first-order valence-corrected chi connectivity index (χ1v) is 23.4. The van der Waals surface area contributed by atoms with Crippen LogP contribution in [0.25, 0.3) is 5.00 Å². The number of hydrogen-bond donors (Lipinski definition) is 1. The van der Waals surface area contributed by atoms with Gasteiger partial charge in [0.25, 0.3) is 5.91 Å². The van der Waals surface area contributed by atoms with Crippen LogP contribution in [-0.4, -0.2) is 90.8 Å². The van der Waals surface area contributed by atoms with Crippen molar-refractivity contribution in [2.45, 2.75) is 96.4 Å². The predicted octanol–water partition coefficient (Wildman–Crippen LogP) is 7.96. The number of nitrogens with one attached hydrogen (secondary N) is 1. The van der Waals surface area contributed by atoms with E-state index in [2.05, 4.69) is 89.2 Å². The summed E-state index contributed by atoms with van der Waals surface area (Å²) in [6.07, 6.45) is 10.4. The number of rotatable bonds is 10. The van der Waals surface area contributed by atoms with Gasteiger partial charge in [-0.2, -0.15) is 5.26 Å². The van der Waals surface area contributed by atoms with Crippen LogP contribution in [-0.2, 0) is 12.8 Å². The Hall–Kier alpha value is -5.95. The number of anilines is 1. The molecule has 4 aromatic heterocycles. The molecule has 1 amide bonds. The highest BCUT2D eigenvalue weighted by Gasteiger charge is 2.35. The Morgan fingerprint density at radius 1 is 0.953 bits per heavy atom. The van der Waals surface area contributed by atoms with Crippen LogP contribution in [0.4, 0.5) is 5.82 Å². The number of piperazine rings is 1. The number of benzene rings is 2. The summed E-state index contributed by atoms with van der Waals surface area (Å²) >= 11 is 7.94. The third-order valence-corrected chi connectivity index (χ3v) is 14.9. The third-order valence-electron chi connectivity index (χ3n) is 13.4. The predicted molar refractivity (Wildman–Crippen MR) is 245 cm³/mol. The van der Waals surface area contributed by atoms with Crippen LogP contribution < -0.4 is 15.0 Å². The maximum atomic E-state index is 13.2. The van der Waals surface area contributed by atoms with E-state index in [0.29, 0.717) is 46.3 Å². The zero-order valence-corrected chi connectivity index (χ0v) is 37.8. The summed E-state index contributed by atoms with van der Waals surface area (Å²) in [5.41, 5.74) is 6.54. The summed E-state index contributed by atoms with van der Waals surface area (Å²) in [6, 6.07) is 20.2. The highest BCUT2D eigenvalue weighted by Crippen LogP contribution is 2.40. The van der Waals surface area contributed by atoms with Crippen molar-refractivity contribution < 1.29 is 13.9 Å². The number of halogens is 1. The Balaban J connectivity index is 0.726. The molecule has 14 nitrogen and oxygen atoms in total. The van der Waals surface area contributed by atoms with Crippen LogP contribution in [0.1, 0.15) is 105 Å². The van der Waals surface area contributed by atoms with Gasteiger partial charge in [0.2, 0.25) is 0 Å². The number of ether oxygens (including phenoxy) is 1. The number of carbonyl (C=O) groups is 1. The molecule has 2 aromatic carbocycles. The standard InChI is InChI=1S/C48H50ClN11O3S/c1-28-29(2)64-48-44(28)45(53-41(24-43-51-18-21-62-43)46-57-54-30(3)60(46)48)33-7-4-31(5-8-33)22-32-6-12-36-27-59(20-19-58(36)26-32)42-17-16-40(55-56-42)47(61)52-35-10-14-37(15-11-35)63-38-13-9-34(25-50)39(49)23-38/h4-5,7-9,13,16-18,21,23,32,35-37,41H,6,10-12,14-15,19-20,22,24,26-27H2,1-3H3,(H,52,61)/t32-,35-,36?,37-,41+/m1/s1. The Morgan fingerprint density at radius 3 is 2.55 bits per heavy atom.